The van der Waals surface area contributed by atoms with E-state index in [1.165, 1.54) is 40.9 Å². The lowest BCUT2D eigenvalue weighted by Crippen LogP contribution is -2.33. The number of aromatic nitrogens is 3. The maximum atomic E-state index is 13.4. The van der Waals surface area contributed by atoms with Crippen LogP contribution in [0, 0.1) is 24.1 Å². The molecule has 0 fully saturated rings. The van der Waals surface area contributed by atoms with E-state index in [1.807, 2.05) is 66.1 Å². The van der Waals surface area contributed by atoms with Crippen LogP contribution >= 0.6 is 11.8 Å². The zero-order valence-corrected chi connectivity index (χ0v) is 19.4. The number of carbonyl (C=O) groups is 1. The van der Waals surface area contributed by atoms with Crippen molar-refractivity contribution in [3.8, 4) is 23.1 Å². The molecule has 1 amide bonds. The van der Waals surface area contributed by atoms with Crippen molar-refractivity contribution >= 4 is 23.4 Å². The summed E-state index contributed by atoms with van der Waals surface area (Å²) in [5.74, 6) is 0.179. The summed E-state index contributed by atoms with van der Waals surface area (Å²) < 4.78 is 15.3. The summed E-state index contributed by atoms with van der Waals surface area (Å²) >= 11 is 1.27. The highest BCUT2D eigenvalue weighted by Gasteiger charge is 2.20. The van der Waals surface area contributed by atoms with Crippen molar-refractivity contribution in [2.75, 3.05) is 17.2 Å². The van der Waals surface area contributed by atoms with Crippen molar-refractivity contribution in [2.45, 2.75) is 18.5 Å². The van der Waals surface area contributed by atoms with Gasteiger partial charge in [-0.25, -0.2) is 4.39 Å². The van der Waals surface area contributed by atoms with Crippen molar-refractivity contribution in [2.24, 2.45) is 0 Å². The molecular weight excluding hydrogens is 449 g/mol. The van der Waals surface area contributed by atoms with Gasteiger partial charge in [0.1, 0.15) is 5.82 Å². The quantitative estimate of drug-likeness (QED) is 0.321. The molecule has 6 nitrogen and oxygen atoms in total. The van der Waals surface area contributed by atoms with Crippen LogP contribution < -0.4 is 4.90 Å². The zero-order chi connectivity index (χ0) is 23.9. The molecule has 0 radical (unpaired) electrons. The summed E-state index contributed by atoms with van der Waals surface area (Å²) in [6.07, 6.45) is 0.172. The van der Waals surface area contributed by atoms with E-state index >= 15 is 0 Å². The molecule has 4 aromatic rings. The van der Waals surface area contributed by atoms with Crippen LogP contribution in [0.2, 0.25) is 0 Å². The molecule has 34 heavy (non-hydrogen) atoms. The number of hydrogen-bond donors (Lipinski definition) is 0. The summed E-state index contributed by atoms with van der Waals surface area (Å²) in [6, 6.07) is 25.5. The highest BCUT2D eigenvalue weighted by atomic mass is 32.2. The molecular formula is C26H22FN5OS. The second kappa shape index (κ2) is 10.8. The largest absolute Gasteiger partial charge is 0.311 e. The Bertz CT molecular complexity index is 1300. The first-order chi connectivity index (χ1) is 16.6. The summed E-state index contributed by atoms with van der Waals surface area (Å²) in [5, 5.41) is 18.4. The Labute approximate surface area is 201 Å². The Morgan fingerprint density at radius 1 is 1.03 bits per heavy atom. The minimum Gasteiger partial charge on any atom is -0.311 e. The fraction of sp³-hybridized carbons (Fsp3) is 0.154. The van der Waals surface area contributed by atoms with Gasteiger partial charge in [-0.1, -0.05) is 59.8 Å². The third-order valence-corrected chi connectivity index (χ3v) is 6.08. The number of nitrogens with zero attached hydrogens (tertiary/aromatic N) is 5. The van der Waals surface area contributed by atoms with E-state index in [1.54, 1.807) is 0 Å². The van der Waals surface area contributed by atoms with Gasteiger partial charge in [-0.05, 0) is 43.3 Å². The first-order valence-corrected chi connectivity index (χ1v) is 11.7. The molecule has 0 aliphatic heterocycles. The van der Waals surface area contributed by atoms with Crippen LogP contribution in [0.3, 0.4) is 0 Å². The smallest absolute Gasteiger partial charge is 0.237 e. The minimum atomic E-state index is -0.384. The van der Waals surface area contributed by atoms with Gasteiger partial charge < -0.3 is 4.90 Å². The third kappa shape index (κ3) is 5.33. The molecule has 0 saturated carbocycles. The number of amides is 1. The predicted octanol–water partition coefficient (Wildman–Crippen LogP) is 5.42. The lowest BCUT2D eigenvalue weighted by Gasteiger charge is -2.21. The van der Waals surface area contributed by atoms with Crippen LogP contribution in [0.4, 0.5) is 10.1 Å². The lowest BCUT2D eigenvalue weighted by molar-refractivity contribution is -0.116. The molecule has 4 rings (SSSR count). The summed E-state index contributed by atoms with van der Waals surface area (Å²) in [5.41, 5.74) is 3.49. The Balaban J connectivity index is 1.62. The van der Waals surface area contributed by atoms with Gasteiger partial charge in [-0.3, -0.25) is 9.36 Å². The van der Waals surface area contributed by atoms with E-state index in [0.717, 1.165) is 16.8 Å². The van der Waals surface area contributed by atoms with E-state index < -0.39 is 0 Å². The van der Waals surface area contributed by atoms with Gasteiger partial charge in [0, 0.05) is 23.5 Å². The standard InChI is InChI=1S/C26H22FN5OS/c1-19-8-12-23(13-9-19)32-25(20-6-3-2-4-7-20)29-30-26(32)34-18-24(33)31(17-5-16-28)22-14-10-21(27)11-15-22/h2-4,6-15H,5,17-18H2,1H3. The number of halogens is 1. The Kier molecular flexibility index (Phi) is 7.35. The van der Waals surface area contributed by atoms with Gasteiger partial charge in [0.2, 0.25) is 5.91 Å². The van der Waals surface area contributed by atoms with Crippen LogP contribution in [0.1, 0.15) is 12.0 Å². The molecule has 0 bridgehead atoms. The van der Waals surface area contributed by atoms with Gasteiger partial charge in [-0.2, -0.15) is 5.26 Å². The van der Waals surface area contributed by atoms with Crippen LogP contribution in [-0.2, 0) is 4.79 Å². The van der Waals surface area contributed by atoms with Crippen LogP contribution in [-0.4, -0.2) is 33.0 Å². The molecule has 170 valence electrons. The highest BCUT2D eigenvalue weighted by molar-refractivity contribution is 7.99. The first kappa shape index (κ1) is 23.2. The monoisotopic (exact) mass is 471 g/mol. The van der Waals surface area contributed by atoms with E-state index in [2.05, 4.69) is 16.3 Å². The number of aryl methyl sites for hydroxylation is 1. The molecule has 0 N–H and O–H groups in total. The zero-order valence-electron chi connectivity index (χ0n) is 18.6. The van der Waals surface area contributed by atoms with E-state index in [4.69, 9.17) is 5.26 Å². The number of hydrogen-bond acceptors (Lipinski definition) is 5. The lowest BCUT2D eigenvalue weighted by atomic mass is 10.2. The summed E-state index contributed by atoms with van der Waals surface area (Å²) in [6.45, 7) is 2.25. The number of rotatable bonds is 8. The fourth-order valence-electron chi connectivity index (χ4n) is 3.45. The van der Waals surface area contributed by atoms with E-state index in [9.17, 15) is 9.18 Å². The van der Waals surface area contributed by atoms with Crippen LogP contribution in [0.15, 0.2) is 84.0 Å². The van der Waals surface area contributed by atoms with Crippen LogP contribution in [0.5, 0.6) is 0 Å². The topological polar surface area (TPSA) is 74.8 Å². The molecule has 0 aliphatic carbocycles. The molecule has 8 heteroatoms. The van der Waals surface area contributed by atoms with Gasteiger partial charge >= 0.3 is 0 Å². The van der Waals surface area contributed by atoms with Crippen molar-refractivity contribution in [3.63, 3.8) is 0 Å². The van der Waals surface area contributed by atoms with Gasteiger partial charge in [0.25, 0.3) is 0 Å². The second-order valence-electron chi connectivity index (χ2n) is 7.56. The normalized spacial score (nSPS) is 10.6. The molecule has 0 atom stereocenters. The Morgan fingerprint density at radius 2 is 1.74 bits per heavy atom. The van der Waals surface area contributed by atoms with Crippen molar-refractivity contribution in [1.29, 1.82) is 5.26 Å². The predicted molar refractivity (Wildman–Crippen MR) is 131 cm³/mol. The van der Waals surface area contributed by atoms with Crippen molar-refractivity contribution in [3.05, 3.63) is 90.2 Å². The molecule has 0 aliphatic rings. The summed E-state index contributed by atoms with van der Waals surface area (Å²) in [4.78, 5) is 14.6. The number of nitriles is 1. The molecule has 0 spiro atoms. The highest BCUT2D eigenvalue weighted by Crippen LogP contribution is 2.29. The number of benzene rings is 3. The maximum Gasteiger partial charge on any atom is 0.237 e. The number of anilines is 1. The third-order valence-electron chi connectivity index (χ3n) is 5.17. The van der Waals surface area contributed by atoms with Gasteiger partial charge in [0.15, 0.2) is 11.0 Å². The average Bonchev–Trinajstić information content (AvgIpc) is 3.29. The number of thioether (sulfide) groups is 1. The maximum absolute atomic E-state index is 13.4. The molecule has 1 aromatic heterocycles. The molecule has 3 aromatic carbocycles. The Hall–Kier alpha value is -3.96. The summed E-state index contributed by atoms with van der Waals surface area (Å²) in [7, 11) is 0. The fourth-order valence-corrected chi connectivity index (χ4v) is 4.28. The minimum absolute atomic E-state index is 0.0849. The number of carbonyl (C=O) groups excluding carboxylic acids is 1. The Morgan fingerprint density at radius 3 is 2.41 bits per heavy atom. The van der Waals surface area contributed by atoms with Crippen LogP contribution in [0.25, 0.3) is 17.1 Å². The SMILES string of the molecule is Cc1ccc(-n2c(SCC(=O)N(CCC#N)c3ccc(F)cc3)nnc2-c2ccccc2)cc1. The van der Waals surface area contributed by atoms with Crippen molar-refractivity contribution in [1.82, 2.24) is 14.8 Å². The first-order valence-electron chi connectivity index (χ1n) is 10.7. The molecule has 0 saturated heterocycles. The average molecular weight is 472 g/mol. The molecule has 1 heterocycles. The van der Waals surface area contributed by atoms with Gasteiger partial charge in [-0.15, -0.1) is 10.2 Å². The van der Waals surface area contributed by atoms with Crippen molar-refractivity contribution < 1.29 is 9.18 Å². The molecule has 0 unspecified atom stereocenters. The van der Waals surface area contributed by atoms with E-state index in [0.29, 0.717) is 16.7 Å². The van der Waals surface area contributed by atoms with Gasteiger partial charge in [0.05, 0.1) is 18.2 Å². The second-order valence-corrected chi connectivity index (χ2v) is 8.50. The van der Waals surface area contributed by atoms with E-state index in [-0.39, 0.29) is 30.4 Å².